The van der Waals surface area contributed by atoms with E-state index < -0.39 is 23.5 Å². The highest BCUT2D eigenvalue weighted by Gasteiger charge is 2.37. The maximum Gasteiger partial charge on any atom is 0.421 e. The SMILES string of the molecule is COc1nc(C(=O)N(C)OC)c(Br)cc1C(F)(F)F. The first kappa shape index (κ1) is 15.7. The molecule has 0 saturated carbocycles. The first-order valence-electron chi connectivity index (χ1n) is 4.86. The molecule has 5 nitrogen and oxygen atoms in total. The number of amides is 1. The zero-order valence-corrected chi connectivity index (χ0v) is 11.8. The molecule has 0 aliphatic rings. The molecule has 0 radical (unpaired) electrons. The third kappa shape index (κ3) is 3.35. The Morgan fingerprint density at radius 2 is 2.00 bits per heavy atom. The molecule has 0 saturated heterocycles. The molecule has 1 aromatic heterocycles. The van der Waals surface area contributed by atoms with Crippen LogP contribution in [-0.4, -0.2) is 37.2 Å². The number of hydrogen-bond donors (Lipinski definition) is 0. The number of hydrogen-bond acceptors (Lipinski definition) is 4. The second kappa shape index (κ2) is 5.74. The molecule has 1 rings (SSSR count). The smallest absolute Gasteiger partial charge is 0.421 e. The summed E-state index contributed by atoms with van der Waals surface area (Å²) in [6.45, 7) is 0. The van der Waals surface area contributed by atoms with Crippen molar-refractivity contribution in [2.24, 2.45) is 0 Å². The van der Waals surface area contributed by atoms with E-state index in [2.05, 4.69) is 30.5 Å². The Kier molecular flexibility index (Phi) is 4.75. The minimum atomic E-state index is -4.63. The minimum Gasteiger partial charge on any atom is -0.481 e. The van der Waals surface area contributed by atoms with Gasteiger partial charge in [-0.2, -0.15) is 13.2 Å². The van der Waals surface area contributed by atoms with E-state index >= 15 is 0 Å². The Labute approximate surface area is 115 Å². The predicted octanol–water partition coefficient (Wildman–Crippen LogP) is 2.50. The first-order chi connectivity index (χ1) is 8.72. The van der Waals surface area contributed by atoms with Crippen molar-refractivity contribution in [1.82, 2.24) is 10.0 Å². The molecule has 0 spiro atoms. The Morgan fingerprint density at radius 3 is 2.42 bits per heavy atom. The summed E-state index contributed by atoms with van der Waals surface area (Å²) in [5.41, 5.74) is -1.31. The highest BCUT2D eigenvalue weighted by molar-refractivity contribution is 9.10. The van der Waals surface area contributed by atoms with Crippen molar-refractivity contribution in [2.45, 2.75) is 6.18 Å². The molecular formula is C10H10BrF3N2O3. The minimum absolute atomic E-state index is 0.102. The fourth-order valence-corrected chi connectivity index (χ4v) is 1.70. The molecule has 0 aliphatic carbocycles. The third-order valence-corrected chi connectivity index (χ3v) is 2.81. The van der Waals surface area contributed by atoms with Crippen LogP contribution in [0.1, 0.15) is 16.1 Å². The quantitative estimate of drug-likeness (QED) is 0.792. The lowest BCUT2D eigenvalue weighted by Crippen LogP contribution is -2.27. The van der Waals surface area contributed by atoms with Gasteiger partial charge >= 0.3 is 6.18 Å². The van der Waals surface area contributed by atoms with Crippen LogP contribution >= 0.6 is 15.9 Å². The van der Waals surface area contributed by atoms with E-state index in [1.807, 2.05) is 0 Å². The lowest BCUT2D eigenvalue weighted by Gasteiger charge is -2.16. The van der Waals surface area contributed by atoms with Gasteiger partial charge in [-0.15, -0.1) is 0 Å². The molecule has 9 heteroatoms. The topological polar surface area (TPSA) is 51.7 Å². The van der Waals surface area contributed by atoms with Gasteiger partial charge in [0.15, 0.2) is 0 Å². The van der Waals surface area contributed by atoms with Crippen molar-refractivity contribution in [2.75, 3.05) is 21.3 Å². The molecule has 19 heavy (non-hydrogen) atoms. The number of pyridine rings is 1. The van der Waals surface area contributed by atoms with Crippen LogP contribution in [0.2, 0.25) is 0 Å². The molecule has 0 N–H and O–H groups in total. The summed E-state index contributed by atoms with van der Waals surface area (Å²) in [4.78, 5) is 20.0. The molecule has 0 aromatic carbocycles. The zero-order chi connectivity index (χ0) is 14.8. The van der Waals surface area contributed by atoms with E-state index in [1.165, 1.54) is 14.2 Å². The monoisotopic (exact) mass is 342 g/mol. The number of carbonyl (C=O) groups excluding carboxylic acids is 1. The van der Waals surface area contributed by atoms with Crippen LogP contribution < -0.4 is 4.74 Å². The van der Waals surface area contributed by atoms with Crippen molar-refractivity contribution in [3.63, 3.8) is 0 Å². The molecule has 1 aromatic rings. The second-order valence-corrected chi connectivity index (χ2v) is 4.21. The predicted molar refractivity (Wildman–Crippen MR) is 62.6 cm³/mol. The Balaban J connectivity index is 3.36. The number of ether oxygens (including phenoxy) is 1. The van der Waals surface area contributed by atoms with Crippen LogP contribution in [0.3, 0.4) is 0 Å². The molecule has 106 valence electrons. The van der Waals surface area contributed by atoms with Gasteiger partial charge in [-0.25, -0.2) is 10.0 Å². The van der Waals surface area contributed by atoms with Crippen LogP contribution in [0, 0.1) is 0 Å². The second-order valence-electron chi connectivity index (χ2n) is 3.36. The number of methoxy groups -OCH3 is 1. The third-order valence-electron chi connectivity index (χ3n) is 2.20. The zero-order valence-electron chi connectivity index (χ0n) is 10.2. The summed E-state index contributed by atoms with van der Waals surface area (Å²) in [5, 5.41) is 0.833. The number of aromatic nitrogens is 1. The van der Waals surface area contributed by atoms with Gasteiger partial charge in [0, 0.05) is 11.5 Å². The summed E-state index contributed by atoms with van der Waals surface area (Å²) in [7, 11) is 3.59. The van der Waals surface area contributed by atoms with E-state index in [-0.39, 0.29) is 10.2 Å². The summed E-state index contributed by atoms with van der Waals surface area (Å²) < 4.78 is 42.6. The molecule has 0 bridgehead atoms. The maximum absolute atomic E-state index is 12.7. The fourth-order valence-electron chi connectivity index (χ4n) is 1.21. The lowest BCUT2D eigenvalue weighted by molar-refractivity contribution is -0.139. The standard InChI is InChI=1S/C10H10BrF3N2O3/c1-16(19-3)9(17)7-6(11)4-5(10(12,13)14)8(15-7)18-2/h4H,1-3H3. The van der Waals surface area contributed by atoms with E-state index in [9.17, 15) is 18.0 Å². The van der Waals surface area contributed by atoms with Crippen LogP contribution in [0.15, 0.2) is 10.5 Å². The van der Waals surface area contributed by atoms with Crippen LogP contribution in [0.25, 0.3) is 0 Å². The van der Waals surface area contributed by atoms with Gasteiger partial charge in [0.1, 0.15) is 11.3 Å². The van der Waals surface area contributed by atoms with Crippen molar-refractivity contribution < 1.29 is 27.5 Å². The van der Waals surface area contributed by atoms with E-state index in [4.69, 9.17) is 0 Å². The van der Waals surface area contributed by atoms with Gasteiger partial charge in [-0.05, 0) is 22.0 Å². The largest absolute Gasteiger partial charge is 0.481 e. The summed E-state index contributed by atoms with van der Waals surface area (Å²) in [6.07, 6.45) is -4.63. The van der Waals surface area contributed by atoms with E-state index in [0.29, 0.717) is 0 Å². The molecule has 1 heterocycles. The molecule has 0 unspecified atom stereocenters. The lowest BCUT2D eigenvalue weighted by atomic mass is 10.2. The van der Waals surface area contributed by atoms with Gasteiger partial charge in [-0.1, -0.05) is 0 Å². The van der Waals surface area contributed by atoms with Crippen molar-refractivity contribution in [3.05, 3.63) is 21.8 Å². The highest BCUT2D eigenvalue weighted by atomic mass is 79.9. The Morgan fingerprint density at radius 1 is 1.42 bits per heavy atom. The average molecular weight is 343 g/mol. The Hall–Kier alpha value is -1.35. The molecule has 0 aliphatic heterocycles. The van der Waals surface area contributed by atoms with Gasteiger partial charge in [0.25, 0.3) is 5.91 Å². The first-order valence-corrected chi connectivity index (χ1v) is 5.65. The maximum atomic E-state index is 12.7. The number of rotatable bonds is 3. The van der Waals surface area contributed by atoms with Crippen LogP contribution in [-0.2, 0) is 11.0 Å². The normalized spacial score (nSPS) is 11.3. The van der Waals surface area contributed by atoms with Gasteiger partial charge in [-0.3, -0.25) is 9.63 Å². The summed E-state index contributed by atoms with van der Waals surface area (Å²) in [5.74, 6) is -1.38. The van der Waals surface area contributed by atoms with Gasteiger partial charge in [0.2, 0.25) is 5.88 Å². The molecule has 0 fully saturated rings. The molecule has 0 atom stereocenters. The number of halogens is 4. The van der Waals surface area contributed by atoms with Crippen LogP contribution in [0.5, 0.6) is 5.88 Å². The number of hydroxylamine groups is 2. The highest BCUT2D eigenvalue weighted by Crippen LogP contribution is 2.37. The molecular weight excluding hydrogens is 333 g/mol. The average Bonchev–Trinajstić information content (AvgIpc) is 2.35. The van der Waals surface area contributed by atoms with E-state index in [0.717, 1.165) is 18.2 Å². The Bertz CT molecular complexity index is 494. The van der Waals surface area contributed by atoms with Crippen LogP contribution in [0.4, 0.5) is 13.2 Å². The summed E-state index contributed by atoms with van der Waals surface area (Å²) >= 11 is 2.88. The van der Waals surface area contributed by atoms with E-state index in [1.54, 1.807) is 0 Å². The number of nitrogens with zero attached hydrogens (tertiary/aromatic N) is 2. The number of alkyl halides is 3. The van der Waals surface area contributed by atoms with Crippen molar-refractivity contribution in [1.29, 1.82) is 0 Å². The number of carbonyl (C=O) groups is 1. The van der Waals surface area contributed by atoms with Crippen molar-refractivity contribution in [3.8, 4) is 5.88 Å². The molecule has 1 amide bonds. The van der Waals surface area contributed by atoms with Gasteiger partial charge in [0.05, 0.1) is 14.2 Å². The van der Waals surface area contributed by atoms with Gasteiger partial charge < -0.3 is 4.74 Å². The fraction of sp³-hybridized carbons (Fsp3) is 0.400. The van der Waals surface area contributed by atoms with Crippen molar-refractivity contribution >= 4 is 21.8 Å². The summed E-state index contributed by atoms with van der Waals surface area (Å²) in [6, 6.07) is 0.739.